The van der Waals surface area contributed by atoms with Gasteiger partial charge in [0.25, 0.3) is 0 Å². The number of rotatable bonds is 6. The minimum absolute atomic E-state index is 0.0817. The third-order valence-corrected chi connectivity index (χ3v) is 2.28. The Kier molecular flexibility index (Phi) is 10.0. The van der Waals surface area contributed by atoms with Gasteiger partial charge in [-0.1, -0.05) is 6.58 Å². The smallest absolute Gasteiger partial charge is 0.243 e. The molecule has 0 aliphatic heterocycles. The molecule has 7 nitrogen and oxygen atoms in total. The normalized spacial score (nSPS) is 9.82. The molecule has 0 saturated heterocycles. The topological polar surface area (TPSA) is 95.3 Å². The fourth-order valence-electron chi connectivity index (χ4n) is 0.949. The second kappa shape index (κ2) is 9.59. The number of amides is 1. The van der Waals surface area contributed by atoms with Gasteiger partial charge < -0.3 is 25.1 Å². The van der Waals surface area contributed by atoms with E-state index in [0.717, 1.165) is 30.5 Å². The van der Waals surface area contributed by atoms with Crippen LogP contribution in [0.1, 0.15) is 13.3 Å². The highest BCUT2D eigenvalue weighted by Gasteiger charge is 2.10. The average molecular weight is 247 g/mol. The maximum atomic E-state index is 10.8. The van der Waals surface area contributed by atoms with Gasteiger partial charge in [0.15, 0.2) is 0 Å². The molecule has 0 aromatic rings. The fraction of sp³-hybridized carbons (Fsp3) is 0.700. The molecule has 0 aromatic heterocycles. The van der Waals surface area contributed by atoms with Crippen LogP contribution in [0.3, 0.4) is 0 Å². The van der Waals surface area contributed by atoms with Crippen molar-refractivity contribution in [3.8, 4) is 0 Å². The largest absolute Gasteiger partial charge is 0.356 e. The number of nitrogens with one attached hydrogen (secondary N) is 1. The molecule has 0 heterocycles. The first-order valence-electron chi connectivity index (χ1n) is 5.29. The molecule has 0 aliphatic carbocycles. The van der Waals surface area contributed by atoms with Crippen molar-refractivity contribution in [3.63, 3.8) is 0 Å². The summed E-state index contributed by atoms with van der Waals surface area (Å²) in [5.41, 5.74) is 0. The molecule has 0 radical (unpaired) electrons. The molecule has 0 atom stereocenters. The molecule has 1 N–H and O–H groups in total. The van der Waals surface area contributed by atoms with E-state index in [4.69, 9.17) is 15.3 Å². The van der Waals surface area contributed by atoms with E-state index in [0.29, 0.717) is 0 Å². The lowest BCUT2D eigenvalue weighted by molar-refractivity contribution is -0.888. The van der Waals surface area contributed by atoms with Gasteiger partial charge in [0, 0.05) is 13.0 Å². The number of nitrogens with zero attached hydrogens (tertiary/aromatic N) is 2. The van der Waals surface area contributed by atoms with E-state index in [1.807, 2.05) is 0 Å². The summed E-state index contributed by atoms with van der Waals surface area (Å²) in [6.45, 7) is 8.51. The van der Waals surface area contributed by atoms with Crippen LogP contribution in [0.5, 0.6) is 0 Å². The van der Waals surface area contributed by atoms with Crippen molar-refractivity contribution in [1.29, 1.82) is 0 Å². The maximum absolute atomic E-state index is 10.8. The second-order valence-corrected chi connectivity index (χ2v) is 4.05. The van der Waals surface area contributed by atoms with Crippen LogP contribution in [-0.2, 0) is 4.79 Å². The summed E-state index contributed by atoms with van der Waals surface area (Å²) in [5.74, 6) is -0.0817. The van der Waals surface area contributed by atoms with Gasteiger partial charge in [-0.25, -0.2) is 0 Å². The Morgan fingerprint density at radius 2 is 1.94 bits per heavy atom. The first-order valence-corrected chi connectivity index (χ1v) is 5.29. The average Bonchev–Trinajstić information content (AvgIpc) is 2.23. The van der Waals surface area contributed by atoms with Gasteiger partial charge in [0.1, 0.15) is 0 Å². The molecular weight excluding hydrogens is 226 g/mol. The van der Waals surface area contributed by atoms with Gasteiger partial charge in [-0.2, -0.15) is 0 Å². The number of quaternary nitrogens is 1. The van der Waals surface area contributed by atoms with Crippen LogP contribution >= 0.6 is 0 Å². The predicted octanol–water partition coefficient (Wildman–Crippen LogP) is 0.536. The van der Waals surface area contributed by atoms with Crippen LogP contribution in [0.4, 0.5) is 0 Å². The molecule has 0 rings (SSSR count). The molecular formula is C10H21N3O4. The predicted molar refractivity (Wildman–Crippen MR) is 65.7 cm³/mol. The summed E-state index contributed by atoms with van der Waals surface area (Å²) >= 11 is 0. The number of carbonyl (C=O) groups is 1. The molecule has 0 spiro atoms. The standard InChI is InChI=1S/C10H20N2O.NO3/c1-5-10(13)11-8-7-9-12(3,4)6-2;2-1(3)4/h5H,1,6-9H2,2-4H3;/q;-1/p+1. The first-order chi connectivity index (χ1) is 7.75. The molecule has 0 saturated carbocycles. The minimum Gasteiger partial charge on any atom is -0.356 e. The Balaban J connectivity index is 0. The van der Waals surface area contributed by atoms with E-state index in [2.05, 4.69) is 32.9 Å². The van der Waals surface area contributed by atoms with Crippen molar-refractivity contribution in [2.45, 2.75) is 13.3 Å². The van der Waals surface area contributed by atoms with Crippen LogP contribution < -0.4 is 5.32 Å². The molecule has 0 aliphatic rings. The van der Waals surface area contributed by atoms with Crippen molar-refractivity contribution in [2.75, 3.05) is 33.7 Å². The van der Waals surface area contributed by atoms with Gasteiger partial charge in [-0.15, -0.1) is 0 Å². The van der Waals surface area contributed by atoms with Gasteiger partial charge in [-0.3, -0.25) is 4.79 Å². The highest BCUT2D eigenvalue weighted by atomic mass is 16.9. The van der Waals surface area contributed by atoms with E-state index < -0.39 is 5.09 Å². The van der Waals surface area contributed by atoms with Crippen LogP contribution in [0.15, 0.2) is 12.7 Å². The SMILES string of the molecule is C=CC(=O)NCCC[N+](C)(C)CC.O=[N+]([O-])[O-]. The monoisotopic (exact) mass is 247 g/mol. The summed E-state index contributed by atoms with van der Waals surface area (Å²) in [4.78, 5) is 19.0. The summed E-state index contributed by atoms with van der Waals surface area (Å²) in [5, 5.41) is 17.5. The van der Waals surface area contributed by atoms with Crippen molar-refractivity contribution >= 4 is 5.91 Å². The summed E-state index contributed by atoms with van der Waals surface area (Å²) in [6, 6.07) is 0. The van der Waals surface area contributed by atoms with Crippen molar-refractivity contribution < 1.29 is 14.4 Å². The van der Waals surface area contributed by atoms with Crippen LogP contribution in [-0.4, -0.2) is 49.2 Å². The highest BCUT2D eigenvalue weighted by Crippen LogP contribution is 1.96. The molecule has 0 bridgehead atoms. The van der Waals surface area contributed by atoms with E-state index in [-0.39, 0.29) is 5.91 Å². The molecule has 0 fully saturated rings. The van der Waals surface area contributed by atoms with E-state index >= 15 is 0 Å². The molecule has 0 unspecified atom stereocenters. The van der Waals surface area contributed by atoms with Gasteiger partial charge in [-0.05, 0) is 13.0 Å². The number of hydrogen-bond acceptors (Lipinski definition) is 4. The van der Waals surface area contributed by atoms with E-state index in [1.54, 1.807) is 0 Å². The first kappa shape index (κ1) is 17.8. The third-order valence-electron chi connectivity index (χ3n) is 2.28. The van der Waals surface area contributed by atoms with Crippen molar-refractivity contribution in [1.82, 2.24) is 5.32 Å². The number of carbonyl (C=O) groups excluding carboxylic acids is 1. The minimum atomic E-state index is -1.75. The third kappa shape index (κ3) is 17.0. The van der Waals surface area contributed by atoms with Crippen molar-refractivity contribution in [3.05, 3.63) is 28.0 Å². The molecule has 7 heteroatoms. The van der Waals surface area contributed by atoms with Gasteiger partial charge in [0.2, 0.25) is 5.91 Å². The molecule has 100 valence electrons. The lowest BCUT2D eigenvalue weighted by Gasteiger charge is -2.28. The Morgan fingerprint density at radius 3 is 2.29 bits per heavy atom. The summed E-state index contributed by atoms with van der Waals surface area (Å²) < 4.78 is 1.00. The Bertz CT molecular complexity index is 250. The second-order valence-electron chi connectivity index (χ2n) is 4.05. The van der Waals surface area contributed by atoms with Gasteiger partial charge >= 0.3 is 0 Å². The van der Waals surface area contributed by atoms with Crippen LogP contribution in [0.2, 0.25) is 0 Å². The molecule has 0 aromatic carbocycles. The zero-order valence-corrected chi connectivity index (χ0v) is 10.6. The fourth-order valence-corrected chi connectivity index (χ4v) is 0.949. The summed E-state index contributed by atoms with van der Waals surface area (Å²) in [6.07, 6.45) is 2.32. The molecule has 17 heavy (non-hydrogen) atoms. The quantitative estimate of drug-likeness (QED) is 0.243. The molecule has 1 amide bonds. The van der Waals surface area contributed by atoms with Gasteiger partial charge in [0.05, 0.1) is 32.3 Å². The Morgan fingerprint density at radius 1 is 1.47 bits per heavy atom. The maximum Gasteiger partial charge on any atom is 0.243 e. The highest BCUT2D eigenvalue weighted by molar-refractivity contribution is 5.86. The van der Waals surface area contributed by atoms with E-state index in [1.165, 1.54) is 6.08 Å². The van der Waals surface area contributed by atoms with Crippen LogP contribution in [0.25, 0.3) is 0 Å². The van der Waals surface area contributed by atoms with Crippen molar-refractivity contribution in [2.24, 2.45) is 0 Å². The van der Waals surface area contributed by atoms with E-state index in [9.17, 15) is 4.79 Å². The number of hydrogen-bond donors (Lipinski definition) is 1. The zero-order chi connectivity index (χ0) is 13.9. The Hall–Kier alpha value is -1.63. The lowest BCUT2D eigenvalue weighted by Crippen LogP contribution is -2.41. The Labute approximate surface area is 101 Å². The summed E-state index contributed by atoms with van der Waals surface area (Å²) in [7, 11) is 4.38. The zero-order valence-electron chi connectivity index (χ0n) is 10.6. The lowest BCUT2D eigenvalue weighted by atomic mass is 10.3. The van der Waals surface area contributed by atoms with Crippen LogP contribution in [0, 0.1) is 15.3 Å².